The molecular formula is C15H13Cl2NO2S. The van der Waals surface area contributed by atoms with Crippen molar-refractivity contribution in [2.75, 3.05) is 6.61 Å². The predicted octanol–water partition coefficient (Wildman–Crippen LogP) is 3.56. The van der Waals surface area contributed by atoms with Crippen LogP contribution in [0.15, 0.2) is 47.4 Å². The molecule has 0 spiro atoms. The molecule has 1 aliphatic heterocycles. The van der Waals surface area contributed by atoms with Gasteiger partial charge in [0.25, 0.3) is 0 Å². The monoisotopic (exact) mass is 341 g/mol. The van der Waals surface area contributed by atoms with Crippen LogP contribution in [0.4, 0.5) is 0 Å². The number of nitrogens with two attached hydrogens (primary N) is 1. The number of fused-ring (bicyclic) bond motifs is 1. The molecule has 3 atom stereocenters. The molecule has 1 aliphatic rings. The number of hydrogen-bond donors (Lipinski definition) is 1. The summed E-state index contributed by atoms with van der Waals surface area (Å²) in [6, 6.07) is 12.1. The van der Waals surface area contributed by atoms with Crippen molar-refractivity contribution in [3.63, 3.8) is 0 Å². The summed E-state index contributed by atoms with van der Waals surface area (Å²) in [6.45, 7) is 0.285. The highest BCUT2D eigenvalue weighted by atomic mass is 35.5. The fourth-order valence-corrected chi connectivity index (χ4v) is 4.37. The fourth-order valence-electron chi connectivity index (χ4n) is 2.35. The average Bonchev–Trinajstić information content (AvgIpc) is 2.50. The highest BCUT2D eigenvalue weighted by Crippen LogP contribution is 2.35. The molecule has 0 aliphatic carbocycles. The Bertz CT molecular complexity index is 708. The summed E-state index contributed by atoms with van der Waals surface area (Å²) < 4.78 is 18.5. The highest BCUT2D eigenvalue weighted by Gasteiger charge is 2.33. The zero-order valence-electron chi connectivity index (χ0n) is 11.0. The molecule has 2 N–H and O–H groups in total. The van der Waals surface area contributed by atoms with Crippen molar-refractivity contribution in [2.24, 2.45) is 5.73 Å². The lowest BCUT2D eigenvalue weighted by molar-refractivity contribution is 0.273. The van der Waals surface area contributed by atoms with E-state index in [1.54, 1.807) is 18.2 Å². The fraction of sp³-hybridized carbons (Fsp3) is 0.200. The molecule has 110 valence electrons. The second-order valence-electron chi connectivity index (χ2n) is 4.79. The average molecular weight is 342 g/mol. The predicted molar refractivity (Wildman–Crippen MR) is 85.5 cm³/mol. The molecule has 2 aromatic carbocycles. The minimum atomic E-state index is -1.40. The van der Waals surface area contributed by atoms with Crippen molar-refractivity contribution in [3.8, 4) is 5.75 Å². The van der Waals surface area contributed by atoms with Crippen LogP contribution >= 0.6 is 23.2 Å². The van der Waals surface area contributed by atoms with Gasteiger partial charge >= 0.3 is 0 Å². The van der Waals surface area contributed by atoms with Gasteiger partial charge in [0.2, 0.25) is 0 Å². The van der Waals surface area contributed by atoms with Crippen LogP contribution in [0.5, 0.6) is 5.75 Å². The van der Waals surface area contributed by atoms with Gasteiger partial charge in [-0.3, -0.25) is 4.21 Å². The van der Waals surface area contributed by atoms with Crippen molar-refractivity contribution in [2.45, 2.75) is 16.2 Å². The van der Waals surface area contributed by atoms with E-state index in [2.05, 4.69) is 0 Å². The van der Waals surface area contributed by atoms with Gasteiger partial charge in [0, 0.05) is 10.6 Å². The smallest absolute Gasteiger partial charge is 0.124 e. The number of rotatable bonds is 2. The van der Waals surface area contributed by atoms with E-state index in [-0.39, 0.29) is 17.9 Å². The van der Waals surface area contributed by atoms with Crippen LogP contribution in [0.3, 0.4) is 0 Å². The Morgan fingerprint density at radius 1 is 1.19 bits per heavy atom. The minimum Gasteiger partial charge on any atom is -0.492 e. The molecule has 0 amide bonds. The topological polar surface area (TPSA) is 52.3 Å². The first-order valence-electron chi connectivity index (χ1n) is 6.41. The van der Waals surface area contributed by atoms with Gasteiger partial charge in [-0.15, -0.1) is 0 Å². The summed E-state index contributed by atoms with van der Waals surface area (Å²) in [5.74, 6) is 0.746. The van der Waals surface area contributed by atoms with Crippen molar-refractivity contribution < 1.29 is 8.95 Å². The molecule has 0 saturated carbocycles. The molecular weight excluding hydrogens is 329 g/mol. The molecule has 3 unspecified atom stereocenters. The zero-order chi connectivity index (χ0) is 15.0. The largest absolute Gasteiger partial charge is 0.492 e. The molecule has 0 radical (unpaired) electrons. The Hall–Kier alpha value is -1.07. The summed E-state index contributed by atoms with van der Waals surface area (Å²) in [5, 5.41) is 0.549. The van der Waals surface area contributed by atoms with E-state index in [0.29, 0.717) is 14.9 Å². The molecule has 3 rings (SSSR count). The molecule has 6 heteroatoms. The Morgan fingerprint density at radius 3 is 2.76 bits per heavy atom. The van der Waals surface area contributed by atoms with Crippen molar-refractivity contribution in [1.29, 1.82) is 0 Å². The lowest BCUT2D eigenvalue weighted by atomic mass is 10.0. The summed E-state index contributed by atoms with van der Waals surface area (Å²) >= 11 is 12.1. The summed E-state index contributed by atoms with van der Waals surface area (Å²) in [5.41, 5.74) is 7.13. The Balaban J connectivity index is 1.95. The number of hydrogen-bond acceptors (Lipinski definition) is 3. The maximum atomic E-state index is 12.8. The number of ether oxygens (including phenoxy) is 1. The summed E-state index contributed by atoms with van der Waals surface area (Å²) in [7, 11) is -1.40. The van der Waals surface area contributed by atoms with E-state index >= 15 is 0 Å². The lowest BCUT2D eigenvalue weighted by Crippen LogP contribution is -2.39. The molecule has 3 nitrogen and oxygen atoms in total. The highest BCUT2D eigenvalue weighted by molar-refractivity contribution is 7.86. The van der Waals surface area contributed by atoms with Gasteiger partial charge in [-0.25, -0.2) is 0 Å². The van der Waals surface area contributed by atoms with E-state index in [4.69, 9.17) is 33.7 Å². The first-order valence-corrected chi connectivity index (χ1v) is 8.38. The van der Waals surface area contributed by atoms with Crippen LogP contribution in [-0.2, 0) is 10.8 Å². The van der Waals surface area contributed by atoms with Crippen LogP contribution < -0.4 is 10.5 Å². The van der Waals surface area contributed by atoms with E-state index < -0.39 is 10.8 Å². The molecule has 0 saturated heterocycles. The first-order chi connectivity index (χ1) is 10.1. The Labute approximate surface area is 135 Å². The minimum absolute atomic E-state index is 0.285. The van der Waals surface area contributed by atoms with Crippen molar-refractivity contribution >= 4 is 34.0 Å². The molecule has 1 heterocycles. The third-order valence-electron chi connectivity index (χ3n) is 3.47. The number of para-hydroxylation sites is 1. The Kier molecular flexibility index (Phi) is 4.22. The summed E-state index contributed by atoms with van der Waals surface area (Å²) in [6.07, 6.45) is 0. The second kappa shape index (κ2) is 5.97. The maximum Gasteiger partial charge on any atom is 0.124 e. The second-order valence-corrected chi connectivity index (χ2v) is 7.27. The van der Waals surface area contributed by atoms with Crippen LogP contribution in [0, 0.1) is 0 Å². The van der Waals surface area contributed by atoms with Crippen molar-refractivity contribution in [1.82, 2.24) is 0 Å². The molecule has 0 bridgehead atoms. The van der Waals surface area contributed by atoms with Gasteiger partial charge in [-0.1, -0.05) is 41.4 Å². The van der Waals surface area contributed by atoms with E-state index in [1.165, 1.54) is 0 Å². The van der Waals surface area contributed by atoms with E-state index in [1.807, 2.05) is 24.3 Å². The maximum absolute atomic E-state index is 12.8. The number of benzene rings is 2. The molecule has 0 aromatic heterocycles. The van der Waals surface area contributed by atoms with Gasteiger partial charge in [0.05, 0.1) is 32.0 Å². The first kappa shape index (κ1) is 14.9. The van der Waals surface area contributed by atoms with Gasteiger partial charge in [0.15, 0.2) is 0 Å². The van der Waals surface area contributed by atoms with Gasteiger partial charge in [-0.05, 0) is 24.3 Å². The van der Waals surface area contributed by atoms with Crippen LogP contribution in [0.2, 0.25) is 10.0 Å². The normalized spacial score (nSPS) is 22.2. The third-order valence-corrected chi connectivity index (χ3v) is 5.89. The van der Waals surface area contributed by atoms with Gasteiger partial charge in [-0.2, -0.15) is 0 Å². The third kappa shape index (κ3) is 2.81. The SMILES string of the molecule is NC1c2ccccc2OCC1S(=O)c1cc(Cl)ccc1Cl. The summed E-state index contributed by atoms with van der Waals surface area (Å²) in [4.78, 5) is 0.493. The lowest BCUT2D eigenvalue weighted by Gasteiger charge is -2.30. The molecule has 2 aromatic rings. The Morgan fingerprint density at radius 2 is 1.95 bits per heavy atom. The zero-order valence-corrected chi connectivity index (χ0v) is 13.3. The van der Waals surface area contributed by atoms with E-state index in [0.717, 1.165) is 11.3 Å². The van der Waals surface area contributed by atoms with Crippen LogP contribution in [0.25, 0.3) is 0 Å². The molecule has 21 heavy (non-hydrogen) atoms. The number of halogens is 2. The standard InChI is InChI=1S/C15H13Cl2NO2S/c16-9-5-6-11(17)13(7-9)21(19)14-8-20-12-4-2-1-3-10(12)15(14)18/h1-7,14-15H,8,18H2. The van der Waals surface area contributed by atoms with Gasteiger partial charge in [0.1, 0.15) is 12.4 Å². The van der Waals surface area contributed by atoms with Gasteiger partial charge < -0.3 is 10.5 Å². The van der Waals surface area contributed by atoms with Crippen LogP contribution in [0.1, 0.15) is 11.6 Å². The van der Waals surface area contributed by atoms with Crippen LogP contribution in [-0.4, -0.2) is 16.1 Å². The molecule has 0 fully saturated rings. The van der Waals surface area contributed by atoms with Crippen molar-refractivity contribution in [3.05, 3.63) is 58.1 Å². The van der Waals surface area contributed by atoms with E-state index in [9.17, 15) is 4.21 Å². The quantitative estimate of drug-likeness (QED) is 0.908.